The molecule has 1 rings (SSSR count). The van der Waals surface area contributed by atoms with Crippen molar-refractivity contribution in [2.24, 2.45) is 0 Å². The summed E-state index contributed by atoms with van der Waals surface area (Å²) in [5.41, 5.74) is 1.50. The second kappa shape index (κ2) is 5.41. The number of benzene rings is 1. The minimum Gasteiger partial charge on any atom is -0.302 e. The molecule has 74 valence electrons. The molecule has 0 aliphatic rings. The number of ketones is 1. The van der Waals surface area contributed by atoms with Gasteiger partial charge in [-0.2, -0.15) is 0 Å². The van der Waals surface area contributed by atoms with Crippen LogP contribution in [0.5, 0.6) is 0 Å². The Morgan fingerprint density at radius 3 is 2.36 bits per heavy atom. The average Bonchev–Trinajstić information content (AvgIpc) is 2.27. The Hall–Kier alpha value is -0.480. The van der Waals surface area contributed by atoms with E-state index in [1.54, 1.807) is 24.3 Å². The highest BCUT2D eigenvalue weighted by Crippen LogP contribution is 2.20. The lowest BCUT2D eigenvalue weighted by Crippen LogP contribution is -2.00. The zero-order chi connectivity index (χ0) is 10.6. The molecule has 0 aliphatic heterocycles. The van der Waals surface area contributed by atoms with Gasteiger partial charge in [-0.1, -0.05) is 56.1 Å². The Morgan fingerprint density at radius 1 is 1.36 bits per heavy atom. The standard InChI is InChI=1S/C10H8Br2O2/c11-5-10(14)8-3-1-7(2-4-8)9(12)6-13/h1-4,6,9H,5H2. The van der Waals surface area contributed by atoms with Crippen molar-refractivity contribution >= 4 is 43.9 Å². The van der Waals surface area contributed by atoms with Crippen molar-refractivity contribution in [3.8, 4) is 0 Å². The minimum absolute atomic E-state index is 0.0359. The average molecular weight is 320 g/mol. The molecule has 0 amide bonds. The van der Waals surface area contributed by atoms with Gasteiger partial charge in [-0.05, 0) is 5.56 Å². The Kier molecular flexibility index (Phi) is 4.48. The van der Waals surface area contributed by atoms with Gasteiger partial charge < -0.3 is 4.79 Å². The number of carbonyl (C=O) groups excluding carboxylic acids is 2. The lowest BCUT2D eigenvalue weighted by Gasteiger charge is -2.03. The van der Waals surface area contributed by atoms with E-state index in [9.17, 15) is 9.59 Å². The molecule has 1 atom stereocenters. The molecule has 0 heterocycles. The van der Waals surface area contributed by atoms with Crippen LogP contribution >= 0.6 is 31.9 Å². The molecule has 0 saturated carbocycles. The maximum Gasteiger partial charge on any atom is 0.173 e. The summed E-state index contributed by atoms with van der Waals surface area (Å²) in [5, 5.41) is 0.317. The first kappa shape index (κ1) is 11.6. The maximum absolute atomic E-state index is 11.2. The molecule has 0 N–H and O–H groups in total. The Balaban J connectivity index is 2.88. The van der Waals surface area contributed by atoms with E-state index in [1.807, 2.05) is 0 Å². The first-order chi connectivity index (χ1) is 6.69. The highest BCUT2D eigenvalue weighted by Gasteiger charge is 2.07. The monoisotopic (exact) mass is 318 g/mol. The third-order valence-corrected chi connectivity index (χ3v) is 3.05. The summed E-state index contributed by atoms with van der Waals surface area (Å²) < 4.78 is 0. The second-order valence-electron chi connectivity index (χ2n) is 2.72. The zero-order valence-electron chi connectivity index (χ0n) is 7.24. The van der Waals surface area contributed by atoms with E-state index in [-0.39, 0.29) is 10.6 Å². The summed E-state index contributed by atoms with van der Waals surface area (Å²) in [6.45, 7) is 0. The highest BCUT2D eigenvalue weighted by molar-refractivity contribution is 9.09. The number of Topliss-reactive ketones (excluding diaryl/α,β-unsaturated/α-hetero) is 1. The predicted molar refractivity (Wildman–Crippen MR) is 62.3 cm³/mol. The molecule has 1 aromatic rings. The van der Waals surface area contributed by atoms with Crippen LogP contribution in [0.25, 0.3) is 0 Å². The number of rotatable bonds is 4. The molecule has 2 nitrogen and oxygen atoms in total. The second-order valence-corrected chi connectivity index (χ2v) is 4.26. The van der Waals surface area contributed by atoms with Crippen LogP contribution in [0.1, 0.15) is 20.7 Å². The van der Waals surface area contributed by atoms with Crippen LogP contribution in [-0.2, 0) is 4.79 Å². The lowest BCUT2D eigenvalue weighted by molar-refractivity contribution is -0.107. The van der Waals surface area contributed by atoms with Gasteiger partial charge in [0.25, 0.3) is 0 Å². The van der Waals surface area contributed by atoms with E-state index in [1.165, 1.54) is 0 Å². The van der Waals surface area contributed by atoms with Crippen LogP contribution in [0.15, 0.2) is 24.3 Å². The van der Waals surface area contributed by atoms with E-state index in [4.69, 9.17) is 0 Å². The van der Waals surface area contributed by atoms with E-state index < -0.39 is 0 Å². The van der Waals surface area contributed by atoms with Crippen LogP contribution < -0.4 is 0 Å². The van der Waals surface area contributed by atoms with Crippen molar-refractivity contribution in [2.75, 3.05) is 5.33 Å². The van der Waals surface area contributed by atoms with Crippen LogP contribution in [0, 0.1) is 0 Å². The van der Waals surface area contributed by atoms with E-state index in [2.05, 4.69) is 31.9 Å². The van der Waals surface area contributed by atoms with Crippen molar-refractivity contribution < 1.29 is 9.59 Å². The lowest BCUT2D eigenvalue weighted by atomic mass is 10.1. The third-order valence-electron chi connectivity index (χ3n) is 1.79. The topological polar surface area (TPSA) is 34.1 Å². The summed E-state index contributed by atoms with van der Waals surface area (Å²) >= 11 is 6.30. The molecule has 0 aliphatic carbocycles. The molecule has 0 fully saturated rings. The van der Waals surface area contributed by atoms with Gasteiger partial charge in [0.15, 0.2) is 5.78 Å². The molecule has 1 aromatic carbocycles. The van der Waals surface area contributed by atoms with Gasteiger partial charge in [-0.25, -0.2) is 0 Å². The highest BCUT2D eigenvalue weighted by atomic mass is 79.9. The van der Waals surface area contributed by atoms with Gasteiger partial charge in [0.2, 0.25) is 0 Å². The maximum atomic E-state index is 11.2. The summed E-state index contributed by atoms with van der Waals surface area (Å²) in [4.78, 5) is 21.4. The van der Waals surface area contributed by atoms with Crippen LogP contribution in [0.2, 0.25) is 0 Å². The smallest absolute Gasteiger partial charge is 0.173 e. The molecule has 0 aromatic heterocycles. The SMILES string of the molecule is O=CC(Br)c1ccc(C(=O)CBr)cc1. The number of alkyl halides is 2. The quantitative estimate of drug-likeness (QED) is 0.486. The number of aldehydes is 1. The van der Waals surface area contributed by atoms with E-state index >= 15 is 0 Å². The predicted octanol–water partition coefficient (Wildman–Crippen LogP) is 2.90. The zero-order valence-corrected chi connectivity index (χ0v) is 10.4. The number of halogens is 2. The Bertz CT molecular complexity index is 332. The van der Waals surface area contributed by atoms with Crippen molar-refractivity contribution in [3.05, 3.63) is 35.4 Å². The minimum atomic E-state index is -0.296. The summed E-state index contributed by atoms with van der Waals surface area (Å²) in [7, 11) is 0. The van der Waals surface area contributed by atoms with Gasteiger partial charge in [-0.3, -0.25) is 4.79 Å². The van der Waals surface area contributed by atoms with E-state index in [0.717, 1.165) is 11.8 Å². The van der Waals surface area contributed by atoms with Gasteiger partial charge in [-0.15, -0.1) is 0 Å². The fraction of sp³-hybridized carbons (Fsp3) is 0.200. The largest absolute Gasteiger partial charge is 0.302 e. The fourth-order valence-electron chi connectivity index (χ4n) is 1.01. The van der Waals surface area contributed by atoms with Gasteiger partial charge in [0.1, 0.15) is 6.29 Å². The molecule has 0 radical (unpaired) electrons. The van der Waals surface area contributed by atoms with Crippen LogP contribution in [-0.4, -0.2) is 17.4 Å². The van der Waals surface area contributed by atoms with Crippen LogP contribution in [0.4, 0.5) is 0 Å². The summed E-state index contributed by atoms with van der Waals surface area (Å²) in [5.74, 6) is 0.0359. The summed E-state index contributed by atoms with van der Waals surface area (Å²) in [6.07, 6.45) is 0.807. The molecule has 14 heavy (non-hydrogen) atoms. The van der Waals surface area contributed by atoms with Crippen molar-refractivity contribution in [1.29, 1.82) is 0 Å². The Labute approximate surface area is 98.9 Å². The van der Waals surface area contributed by atoms with E-state index in [0.29, 0.717) is 10.9 Å². The van der Waals surface area contributed by atoms with Crippen molar-refractivity contribution in [2.45, 2.75) is 4.83 Å². The molecule has 0 bridgehead atoms. The molecule has 4 heteroatoms. The first-order valence-electron chi connectivity index (χ1n) is 3.97. The van der Waals surface area contributed by atoms with Crippen molar-refractivity contribution in [1.82, 2.24) is 0 Å². The number of hydrogen-bond acceptors (Lipinski definition) is 2. The number of carbonyl (C=O) groups is 2. The third kappa shape index (κ3) is 2.75. The first-order valence-corrected chi connectivity index (χ1v) is 6.01. The number of hydrogen-bond donors (Lipinski definition) is 0. The Morgan fingerprint density at radius 2 is 1.93 bits per heavy atom. The molecular weight excluding hydrogens is 312 g/mol. The molecular formula is C10H8Br2O2. The fourth-order valence-corrected chi connectivity index (χ4v) is 1.64. The van der Waals surface area contributed by atoms with Gasteiger partial charge >= 0.3 is 0 Å². The van der Waals surface area contributed by atoms with Crippen LogP contribution in [0.3, 0.4) is 0 Å². The molecule has 0 saturated heterocycles. The van der Waals surface area contributed by atoms with Gasteiger partial charge in [0, 0.05) is 5.56 Å². The normalized spacial score (nSPS) is 12.1. The molecule has 0 spiro atoms. The van der Waals surface area contributed by atoms with Gasteiger partial charge in [0.05, 0.1) is 10.2 Å². The molecule has 1 unspecified atom stereocenters. The van der Waals surface area contributed by atoms with Crippen molar-refractivity contribution in [3.63, 3.8) is 0 Å². The summed E-state index contributed by atoms with van der Waals surface area (Å²) in [6, 6.07) is 6.97.